The third-order valence-electron chi connectivity index (χ3n) is 3.51. The fraction of sp³-hybridized carbons (Fsp3) is 0.588. The van der Waals surface area contributed by atoms with Gasteiger partial charge in [0.25, 0.3) is 0 Å². The van der Waals surface area contributed by atoms with Gasteiger partial charge in [-0.25, -0.2) is 0 Å². The summed E-state index contributed by atoms with van der Waals surface area (Å²) >= 11 is 3.58. The molecule has 0 saturated heterocycles. The molecule has 1 aromatic carbocycles. The molecule has 0 atom stereocenters. The lowest BCUT2D eigenvalue weighted by Crippen LogP contribution is -2.36. The topological polar surface area (TPSA) is 50.8 Å². The number of ether oxygens (including phenoxy) is 2. The Bertz CT molecular complexity index is 547. The van der Waals surface area contributed by atoms with Gasteiger partial charge < -0.3 is 14.8 Å². The summed E-state index contributed by atoms with van der Waals surface area (Å²) in [6.45, 7) is 6.12. The van der Waals surface area contributed by atoms with Crippen LogP contribution in [0.2, 0.25) is 0 Å². The average molecular weight is 385 g/mol. The quantitative estimate of drug-likeness (QED) is 0.710. The first-order valence-electron chi connectivity index (χ1n) is 8.09. The number of benzene rings is 1. The number of nitrogens with one attached hydrogen (secondary N) is 1. The SMILES string of the molecule is CCOc1cc(Br)c(CN(C)CC(=O)NC2CC2)cc1OCC. The summed E-state index contributed by atoms with van der Waals surface area (Å²) in [5, 5.41) is 3.01. The maximum Gasteiger partial charge on any atom is 0.234 e. The highest BCUT2D eigenvalue weighted by molar-refractivity contribution is 9.10. The van der Waals surface area contributed by atoms with E-state index in [2.05, 4.69) is 21.2 Å². The van der Waals surface area contributed by atoms with Crippen LogP contribution >= 0.6 is 15.9 Å². The number of amides is 1. The molecule has 0 heterocycles. The number of carbonyl (C=O) groups excluding carboxylic acids is 1. The van der Waals surface area contributed by atoms with Crippen LogP contribution in [0.25, 0.3) is 0 Å². The fourth-order valence-electron chi connectivity index (χ4n) is 2.33. The van der Waals surface area contributed by atoms with E-state index in [1.54, 1.807) is 0 Å². The van der Waals surface area contributed by atoms with Crippen LogP contribution < -0.4 is 14.8 Å². The third kappa shape index (κ3) is 5.70. The lowest BCUT2D eigenvalue weighted by molar-refractivity contribution is -0.122. The molecule has 6 heteroatoms. The molecular formula is C17H25BrN2O3. The molecular weight excluding hydrogens is 360 g/mol. The highest BCUT2D eigenvalue weighted by Crippen LogP contribution is 2.34. The summed E-state index contributed by atoms with van der Waals surface area (Å²) in [7, 11) is 1.94. The monoisotopic (exact) mass is 384 g/mol. The third-order valence-corrected chi connectivity index (χ3v) is 4.25. The molecule has 0 bridgehead atoms. The van der Waals surface area contributed by atoms with Gasteiger partial charge in [-0.1, -0.05) is 15.9 Å². The van der Waals surface area contributed by atoms with Crippen molar-refractivity contribution in [1.29, 1.82) is 0 Å². The molecule has 128 valence electrons. The maximum absolute atomic E-state index is 11.9. The molecule has 2 rings (SSSR count). The first kappa shape index (κ1) is 18.1. The Hall–Kier alpha value is -1.27. The smallest absolute Gasteiger partial charge is 0.234 e. The van der Waals surface area contributed by atoms with E-state index >= 15 is 0 Å². The summed E-state index contributed by atoms with van der Waals surface area (Å²) in [5.74, 6) is 1.56. The van der Waals surface area contributed by atoms with Crippen LogP contribution in [0.15, 0.2) is 16.6 Å². The van der Waals surface area contributed by atoms with Gasteiger partial charge in [-0.05, 0) is 51.4 Å². The van der Waals surface area contributed by atoms with Crippen molar-refractivity contribution in [3.63, 3.8) is 0 Å². The molecule has 0 radical (unpaired) electrons. The van der Waals surface area contributed by atoms with Crippen LogP contribution in [0.1, 0.15) is 32.3 Å². The number of rotatable bonds is 9. The summed E-state index contributed by atoms with van der Waals surface area (Å²) in [6, 6.07) is 4.31. The van der Waals surface area contributed by atoms with Crippen molar-refractivity contribution in [2.75, 3.05) is 26.8 Å². The highest BCUT2D eigenvalue weighted by Gasteiger charge is 2.23. The van der Waals surface area contributed by atoms with E-state index in [4.69, 9.17) is 9.47 Å². The Balaban J connectivity index is 2.02. The van der Waals surface area contributed by atoms with Gasteiger partial charge in [0.15, 0.2) is 11.5 Å². The molecule has 1 aromatic rings. The Labute approximate surface area is 146 Å². The average Bonchev–Trinajstić information content (AvgIpc) is 3.27. The molecule has 0 spiro atoms. The number of hydrogen-bond donors (Lipinski definition) is 1. The van der Waals surface area contributed by atoms with Gasteiger partial charge in [-0.3, -0.25) is 9.69 Å². The molecule has 1 N–H and O–H groups in total. The van der Waals surface area contributed by atoms with Crippen LogP contribution in [0.4, 0.5) is 0 Å². The molecule has 1 aliphatic carbocycles. The Morgan fingerprint density at radius 3 is 2.43 bits per heavy atom. The van der Waals surface area contributed by atoms with Crippen molar-refractivity contribution in [3.8, 4) is 11.5 Å². The largest absolute Gasteiger partial charge is 0.490 e. The molecule has 23 heavy (non-hydrogen) atoms. The first-order chi connectivity index (χ1) is 11.0. The predicted octanol–water partition coefficient (Wildman–Crippen LogP) is 2.96. The van der Waals surface area contributed by atoms with Crippen molar-refractivity contribution in [3.05, 3.63) is 22.2 Å². The number of likely N-dealkylation sites (N-methyl/N-ethyl adjacent to an activating group) is 1. The maximum atomic E-state index is 11.9. The van der Waals surface area contributed by atoms with Crippen molar-refractivity contribution in [2.24, 2.45) is 0 Å². The number of carbonyl (C=O) groups is 1. The van der Waals surface area contributed by atoms with E-state index in [9.17, 15) is 4.79 Å². The summed E-state index contributed by atoms with van der Waals surface area (Å²) in [4.78, 5) is 13.9. The van der Waals surface area contributed by atoms with Crippen molar-refractivity contribution >= 4 is 21.8 Å². The second-order valence-electron chi connectivity index (χ2n) is 5.77. The highest BCUT2D eigenvalue weighted by atomic mass is 79.9. The van der Waals surface area contributed by atoms with E-state index in [0.29, 0.717) is 32.3 Å². The van der Waals surface area contributed by atoms with Gasteiger partial charge >= 0.3 is 0 Å². The molecule has 1 aliphatic rings. The Kier molecular flexibility index (Phi) is 6.72. The predicted molar refractivity (Wildman–Crippen MR) is 94.0 cm³/mol. The van der Waals surface area contributed by atoms with E-state index in [-0.39, 0.29) is 5.91 Å². The minimum atomic E-state index is 0.0853. The molecule has 0 unspecified atom stereocenters. The molecule has 1 amide bonds. The Morgan fingerprint density at radius 1 is 1.26 bits per heavy atom. The van der Waals surface area contributed by atoms with Gasteiger partial charge in [0, 0.05) is 17.1 Å². The van der Waals surface area contributed by atoms with Crippen molar-refractivity contribution < 1.29 is 14.3 Å². The number of nitrogens with zero attached hydrogens (tertiary/aromatic N) is 1. The van der Waals surface area contributed by atoms with Crippen LogP contribution in [0.3, 0.4) is 0 Å². The zero-order valence-electron chi connectivity index (χ0n) is 14.0. The van der Waals surface area contributed by atoms with Crippen LogP contribution in [-0.4, -0.2) is 43.7 Å². The van der Waals surface area contributed by atoms with Gasteiger partial charge in [-0.2, -0.15) is 0 Å². The zero-order valence-corrected chi connectivity index (χ0v) is 15.6. The van der Waals surface area contributed by atoms with E-state index in [1.807, 2.05) is 37.9 Å². The summed E-state index contributed by atoms with van der Waals surface area (Å²) < 4.78 is 12.2. The minimum absolute atomic E-state index is 0.0853. The van der Waals surface area contributed by atoms with Crippen molar-refractivity contribution in [2.45, 2.75) is 39.3 Å². The zero-order chi connectivity index (χ0) is 16.8. The Morgan fingerprint density at radius 2 is 1.87 bits per heavy atom. The molecule has 0 aromatic heterocycles. The van der Waals surface area contributed by atoms with Gasteiger partial charge in [0.05, 0.1) is 19.8 Å². The number of halogens is 1. The summed E-state index contributed by atoms with van der Waals surface area (Å²) in [5.41, 5.74) is 1.07. The van der Waals surface area contributed by atoms with Crippen LogP contribution in [-0.2, 0) is 11.3 Å². The van der Waals surface area contributed by atoms with E-state index in [1.165, 1.54) is 0 Å². The van der Waals surface area contributed by atoms with Crippen molar-refractivity contribution in [1.82, 2.24) is 10.2 Å². The standard InChI is InChI=1S/C17H25BrN2O3/c1-4-22-15-8-12(14(18)9-16(15)23-5-2)10-20(3)11-17(21)19-13-6-7-13/h8-9,13H,4-7,10-11H2,1-3H3,(H,19,21). The first-order valence-corrected chi connectivity index (χ1v) is 8.88. The molecule has 0 aliphatic heterocycles. The normalized spacial score (nSPS) is 14.0. The molecule has 5 nitrogen and oxygen atoms in total. The molecule has 1 saturated carbocycles. The lowest BCUT2D eigenvalue weighted by Gasteiger charge is -2.19. The van der Waals surface area contributed by atoms with Gasteiger partial charge in [0.2, 0.25) is 5.91 Å². The van der Waals surface area contributed by atoms with Crippen LogP contribution in [0, 0.1) is 0 Å². The van der Waals surface area contributed by atoms with E-state index < -0.39 is 0 Å². The van der Waals surface area contributed by atoms with E-state index in [0.717, 1.165) is 34.4 Å². The fourth-order valence-corrected chi connectivity index (χ4v) is 2.78. The number of hydrogen-bond acceptors (Lipinski definition) is 4. The minimum Gasteiger partial charge on any atom is -0.490 e. The summed E-state index contributed by atoms with van der Waals surface area (Å²) in [6.07, 6.45) is 2.22. The second-order valence-corrected chi connectivity index (χ2v) is 6.62. The van der Waals surface area contributed by atoms with Gasteiger partial charge in [0.1, 0.15) is 0 Å². The lowest BCUT2D eigenvalue weighted by atomic mass is 10.2. The van der Waals surface area contributed by atoms with Gasteiger partial charge in [-0.15, -0.1) is 0 Å². The molecule has 1 fully saturated rings. The van der Waals surface area contributed by atoms with Crippen LogP contribution in [0.5, 0.6) is 11.5 Å². The second kappa shape index (κ2) is 8.55.